The number of rotatable bonds is 8. The van der Waals surface area contributed by atoms with Gasteiger partial charge in [-0.25, -0.2) is 0 Å². The van der Waals surface area contributed by atoms with Crippen LogP contribution >= 0.6 is 0 Å². The molecule has 0 aromatic heterocycles. The Hall–Kier alpha value is -0.360. The van der Waals surface area contributed by atoms with Crippen LogP contribution in [-0.4, -0.2) is 81.1 Å². The Labute approximate surface area is 158 Å². The van der Waals surface area contributed by atoms with Crippen LogP contribution in [0.3, 0.4) is 0 Å². The van der Waals surface area contributed by atoms with Gasteiger partial charge in [-0.15, -0.1) is 0 Å². The molecule has 4 unspecified atom stereocenters. The monoisotopic (exact) mass is 472 g/mol. The minimum Gasteiger partial charge on any atom is -0.264 e. The Kier molecular flexibility index (Phi) is 6.63. The van der Waals surface area contributed by atoms with Crippen LogP contribution in [0.1, 0.15) is 20.3 Å². The van der Waals surface area contributed by atoms with Gasteiger partial charge >= 0.3 is 0 Å². The van der Waals surface area contributed by atoms with Crippen LogP contribution in [0.5, 0.6) is 0 Å². The fourth-order valence-corrected chi connectivity index (χ4v) is 7.99. The lowest BCUT2D eigenvalue weighted by molar-refractivity contribution is 0.119. The third-order valence-electron chi connectivity index (χ3n) is 3.71. The largest absolute Gasteiger partial charge is 0.270 e. The van der Waals surface area contributed by atoms with Crippen molar-refractivity contribution < 1.29 is 50.4 Å². The lowest BCUT2D eigenvalue weighted by atomic mass is 10.3. The Morgan fingerprint density at radius 1 is 0.778 bits per heavy atom. The SMILES string of the molecule is CC1OS(=O)(=O)CC1OS(=O)(=O)CCCS(=O)(=O)OC1CS(=O)(=O)OC1C. The van der Waals surface area contributed by atoms with Crippen molar-refractivity contribution >= 4 is 40.5 Å². The summed E-state index contributed by atoms with van der Waals surface area (Å²) >= 11 is 0. The van der Waals surface area contributed by atoms with Gasteiger partial charge in [0.25, 0.3) is 40.5 Å². The molecule has 0 saturated carbocycles. The van der Waals surface area contributed by atoms with E-state index >= 15 is 0 Å². The molecule has 2 aliphatic heterocycles. The first-order chi connectivity index (χ1) is 12.1. The number of hydrogen-bond acceptors (Lipinski definition) is 12. The Morgan fingerprint density at radius 2 is 1.11 bits per heavy atom. The smallest absolute Gasteiger partial charge is 0.264 e. The second-order valence-electron chi connectivity index (χ2n) is 6.20. The highest BCUT2D eigenvalue weighted by molar-refractivity contribution is 7.88. The molecule has 0 aliphatic carbocycles. The zero-order valence-electron chi connectivity index (χ0n) is 14.4. The van der Waals surface area contributed by atoms with E-state index in [2.05, 4.69) is 8.37 Å². The minimum absolute atomic E-state index is 0.395. The van der Waals surface area contributed by atoms with Gasteiger partial charge in [-0.2, -0.15) is 33.7 Å². The summed E-state index contributed by atoms with van der Waals surface area (Å²) in [6.07, 6.45) is -4.79. The molecular formula is C11H20O12S4. The molecule has 4 atom stereocenters. The van der Waals surface area contributed by atoms with Crippen molar-refractivity contribution in [3.05, 3.63) is 0 Å². The predicted molar refractivity (Wildman–Crippen MR) is 90.6 cm³/mol. The average Bonchev–Trinajstić information content (AvgIpc) is 2.81. The summed E-state index contributed by atoms with van der Waals surface area (Å²) in [5.41, 5.74) is 0. The summed E-state index contributed by atoms with van der Waals surface area (Å²) in [6, 6.07) is 0. The van der Waals surface area contributed by atoms with Crippen molar-refractivity contribution in [1.82, 2.24) is 0 Å². The van der Waals surface area contributed by atoms with E-state index in [1.54, 1.807) is 0 Å². The molecule has 2 saturated heterocycles. The second-order valence-corrected chi connectivity index (χ2v) is 12.9. The lowest BCUT2D eigenvalue weighted by Gasteiger charge is -2.14. The normalized spacial score (nSPS) is 33.3. The molecule has 2 aliphatic rings. The topological polar surface area (TPSA) is 173 Å². The van der Waals surface area contributed by atoms with Gasteiger partial charge in [0.15, 0.2) is 0 Å². The summed E-state index contributed by atoms with van der Waals surface area (Å²) in [5.74, 6) is -2.65. The molecule has 0 N–H and O–H groups in total. The molecular weight excluding hydrogens is 452 g/mol. The third kappa shape index (κ3) is 6.88. The maximum Gasteiger partial charge on any atom is 0.270 e. The van der Waals surface area contributed by atoms with E-state index in [-0.39, 0.29) is 0 Å². The summed E-state index contributed by atoms with van der Waals surface area (Å²) in [6.45, 7) is 2.67. The molecule has 2 fully saturated rings. The van der Waals surface area contributed by atoms with E-state index in [9.17, 15) is 33.7 Å². The standard InChI is InChI=1S/C11H20O12S4/c1-8-10(6-26(16,17)20-8)22-24(12,13)4-3-5-25(14,15)23-11-7-27(18,19)21-9(11)2/h8-11H,3-7H2,1-2H3. The van der Waals surface area contributed by atoms with Gasteiger partial charge in [0.05, 0.1) is 11.5 Å². The van der Waals surface area contributed by atoms with E-state index in [1.807, 2.05) is 0 Å². The zero-order chi connectivity index (χ0) is 20.7. The van der Waals surface area contributed by atoms with E-state index in [1.165, 1.54) is 13.8 Å². The first kappa shape index (κ1) is 22.9. The fraction of sp³-hybridized carbons (Fsp3) is 1.00. The van der Waals surface area contributed by atoms with Gasteiger partial charge in [0, 0.05) is 0 Å². The van der Waals surface area contributed by atoms with Gasteiger partial charge in [-0.05, 0) is 20.3 Å². The van der Waals surface area contributed by atoms with Crippen molar-refractivity contribution in [3.63, 3.8) is 0 Å². The average molecular weight is 473 g/mol. The van der Waals surface area contributed by atoms with E-state index < -0.39 is 94.3 Å². The molecule has 12 nitrogen and oxygen atoms in total. The molecule has 160 valence electrons. The van der Waals surface area contributed by atoms with Crippen LogP contribution in [0.25, 0.3) is 0 Å². The molecule has 0 aromatic rings. The molecule has 0 bridgehead atoms. The van der Waals surface area contributed by atoms with Crippen molar-refractivity contribution in [2.24, 2.45) is 0 Å². The quantitative estimate of drug-likeness (QED) is 0.367. The summed E-state index contributed by atoms with van der Waals surface area (Å²) < 4.78 is 111. The first-order valence-corrected chi connectivity index (χ1v) is 14.0. The summed E-state index contributed by atoms with van der Waals surface area (Å²) in [5, 5.41) is 0. The van der Waals surface area contributed by atoms with Crippen molar-refractivity contribution in [2.75, 3.05) is 23.0 Å². The van der Waals surface area contributed by atoms with Crippen LogP contribution in [0.2, 0.25) is 0 Å². The molecule has 0 spiro atoms. The maximum absolute atomic E-state index is 11.9. The fourth-order valence-electron chi connectivity index (χ4n) is 2.44. The molecule has 16 heteroatoms. The molecule has 2 heterocycles. The Balaban J connectivity index is 1.85. The van der Waals surface area contributed by atoms with E-state index in [0.717, 1.165) is 0 Å². The molecule has 0 aromatic carbocycles. The highest BCUT2D eigenvalue weighted by Crippen LogP contribution is 2.23. The van der Waals surface area contributed by atoms with Crippen LogP contribution in [0.4, 0.5) is 0 Å². The van der Waals surface area contributed by atoms with Crippen molar-refractivity contribution in [3.8, 4) is 0 Å². The van der Waals surface area contributed by atoms with Gasteiger partial charge in [-0.3, -0.25) is 16.7 Å². The minimum atomic E-state index is -4.21. The molecule has 27 heavy (non-hydrogen) atoms. The van der Waals surface area contributed by atoms with Gasteiger partial charge in [0.1, 0.15) is 35.9 Å². The number of hydrogen-bond donors (Lipinski definition) is 0. The molecule has 0 radical (unpaired) electrons. The van der Waals surface area contributed by atoms with Crippen LogP contribution in [-0.2, 0) is 57.2 Å². The highest BCUT2D eigenvalue weighted by Gasteiger charge is 2.41. The maximum atomic E-state index is 11.9. The molecule has 2 rings (SSSR count). The van der Waals surface area contributed by atoms with Crippen molar-refractivity contribution in [1.29, 1.82) is 0 Å². The van der Waals surface area contributed by atoms with Crippen molar-refractivity contribution in [2.45, 2.75) is 44.7 Å². The summed E-state index contributed by atoms with van der Waals surface area (Å²) in [4.78, 5) is 0. The highest BCUT2D eigenvalue weighted by atomic mass is 32.2. The molecule has 0 amide bonds. The van der Waals surface area contributed by atoms with E-state index in [0.29, 0.717) is 0 Å². The third-order valence-corrected chi connectivity index (χ3v) is 9.04. The first-order valence-electron chi connectivity index (χ1n) is 7.74. The second kappa shape index (κ2) is 7.81. The zero-order valence-corrected chi connectivity index (χ0v) is 17.6. The van der Waals surface area contributed by atoms with Crippen LogP contribution in [0.15, 0.2) is 0 Å². The van der Waals surface area contributed by atoms with Gasteiger partial charge < -0.3 is 0 Å². The van der Waals surface area contributed by atoms with Gasteiger partial charge in [-0.1, -0.05) is 0 Å². The van der Waals surface area contributed by atoms with Crippen LogP contribution in [0, 0.1) is 0 Å². The lowest BCUT2D eigenvalue weighted by Crippen LogP contribution is -2.30. The van der Waals surface area contributed by atoms with Crippen LogP contribution < -0.4 is 0 Å². The predicted octanol–water partition coefficient (Wildman–Crippen LogP) is -1.70. The summed E-state index contributed by atoms with van der Waals surface area (Å²) in [7, 11) is -16.1. The Morgan fingerprint density at radius 3 is 1.37 bits per heavy atom. The van der Waals surface area contributed by atoms with Gasteiger partial charge in [0.2, 0.25) is 0 Å². The van der Waals surface area contributed by atoms with E-state index in [4.69, 9.17) is 8.37 Å². The Bertz CT molecular complexity index is 882.